The Labute approximate surface area is 189 Å². The number of ketones is 1. The number of amides is 1. The average Bonchev–Trinajstić information content (AvgIpc) is 3.32. The number of thiazole rings is 1. The van der Waals surface area contributed by atoms with E-state index in [2.05, 4.69) is 4.98 Å². The molecular weight excluding hydrogens is 420 g/mol. The number of fused-ring (bicyclic) bond motifs is 1. The minimum atomic E-state index is -0.766. The average molecular weight is 441 g/mol. The Hall–Kier alpha value is -3.77. The molecule has 6 heteroatoms. The zero-order valence-corrected chi connectivity index (χ0v) is 18.4. The first-order chi connectivity index (χ1) is 15.4. The maximum atomic E-state index is 13.2. The van der Waals surface area contributed by atoms with Crippen LogP contribution in [0, 0.1) is 13.8 Å². The minimum Gasteiger partial charge on any atom is -0.507 e. The first kappa shape index (κ1) is 20.2. The highest BCUT2D eigenvalue weighted by Crippen LogP contribution is 2.44. The molecule has 0 spiro atoms. The number of carbonyl (C=O) groups excluding carboxylic acids is 2. The number of benzene rings is 3. The van der Waals surface area contributed by atoms with Crippen LogP contribution in [-0.2, 0) is 9.59 Å². The summed E-state index contributed by atoms with van der Waals surface area (Å²) in [6.45, 7) is 3.97. The molecule has 158 valence electrons. The van der Waals surface area contributed by atoms with Crippen LogP contribution >= 0.6 is 11.3 Å². The standard InChI is InChI=1S/C26H20N2O3S/c1-15-8-11-17(12-9-15)22-21(23(29)18-6-4-3-5-7-18)24(30)25(31)28(22)26-27-19-13-10-16(2)14-20(19)32-26/h3-14,22,29H,1-2H3/t22-/m1/s1. The third-order valence-corrected chi connectivity index (χ3v) is 6.64. The van der Waals surface area contributed by atoms with Crippen LogP contribution in [0.4, 0.5) is 5.13 Å². The molecule has 0 unspecified atom stereocenters. The van der Waals surface area contributed by atoms with E-state index in [9.17, 15) is 14.7 Å². The summed E-state index contributed by atoms with van der Waals surface area (Å²) in [7, 11) is 0. The predicted octanol–water partition coefficient (Wildman–Crippen LogP) is 5.54. The van der Waals surface area contributed by atoms with Gasteiger partial charge in [0.15, 0.2) is 5.13 Å². The largest absolute Gasteiger partial charge is 0.507 e. The van der Waals surface area contributed by atoms with Crippen LogP contribution in [-0.4, -0.2) is 21.8 Å². The summed E-state index contributed by atoms with van der Waals surface area (Å²) in [5.41, 5.74) is 4.21. The van der Waals surface area contributed by atoms with E-state index in [4.69, 9.17) is 0 Å². The van der Waals surface area contributed by atoms with E-state index in [1.165, 1.54) is 16.2 Å². The molecule has 0 radical (unpaired) electrons. The number of hydrogen-bond acceptors (Lipinski definition) is 5. The Morgan fingerprint density at radius 3 is 2.34 bits per heavy atom. The van der Waals surface area contributed by atoms with Gasteiger partial charge in [0, 0.05) is 5.56 Å². The van der Waals surface area contributed by atoms with Crippen LogP contribution in [0.2, 0.25) is 0 Å². The molecule has 0 aliphatic carbocycles. The zero-order chi connectivity index (χ0) is 22.4. The van der Waals surface area contributed by atoms with Crippen LogP contribution < -0.4 is 4.90 Å². The highest BCUT2D eigenvalue weighted by molar-refractivity contribution is 7.22. The lowest BCUT2D eigenvalue weighted by Crippen LogP contribution is -2.29. The molecule has 5 rings (SSSR count). The van der Waals surface area contributed by atoms with Gasteiger partial charge in [-0.2, -0.15) is 0 Å². The summed E-state index contributed by atoms with van der Waals surface area (Å²) in [5.74, 6) is -1.59. The minimum absolute atomic E-state index is 0.0699. The number of hydrogen-bond donors (Lipinski definition) is 1. The molecule has 3 aromatic carbocycles. The van der Waals surface area contributed by atoms with E-state index in [-0.39, 0.29) is 11.3 Å². The monoisotopic (exact) mass is 440 g/mol. The van der Waals surface area contributed by atoms with Crippen molar-refractivity contribution in [3.8, 4) is 0 Å². The molecule has 5 nitrogen and oxygen atoms in total. The second-order valence-electron chi connectivity index (χ2n) is 7.91. The number of rotatable bonds is 3. The number of anilines is 1. The van der Waals surface area contributed by atoms with Crippen molar-refractivity contribution in [3.05, 3.63) is 101 Å². The fourth-order valence-corrected chi connectivity index (χ4v) is 5.06. The van der Waals surface area contributed by atoms with E-state index >= 15 is 0 Å². The zero-order valence-electron chi connectivity index (χ0n) is 17.6. The lowest BCUT2D eigenvalue weighted by molar-refractivity contribution is -0.132. The fraction of sp³-hybridized carbons (Fsp3) is 0.115. The summed E-state index contributed by atoms with van der Waals surface area (Å²) < 4.78 is 0.938. The van der Waals surface area contributed by atoms with Gasteiger partial charge in [0.1, 0.15) is 5.76 Å². The molecule has 1 aliphatic heterocycles. The third-order valence-electron chi connectivity index (χ3n) is 5.62. The van der Waals surface area contributed by atoms with Crippen molar-refractivity contribution >= 4 is 44.1 Å². The van der Waals surface area contributed by atoms with E-state index < -0.39 is 17.7 Å². The highest BCUT2D eigenvalue weighted by atomic mass is 32.1. The van der Waals surface area contributed by atoms with Crippen molar-refractivity contribution < 1.29 is 14.7 Å². The lowest BCUT2D eigenvalue weighted by Gasteiger charge is -2.23. The summed E-state index contributed by atoms with van der Waals surface area (Å²) in [6.07, 6.45) is 0. The Bertz CT molecular complexity index is 1390. The molecule has 1 aromatic heterocycles. The van der Waals surface area contributed by atoms with Crippen molar-refractivity contribution in [1.29, 1.82) is 0 Å². The molecule has 1 fully saturated rings. The number of nitrogens with zero attached hydrogens (tertiary/aromatic N) is 2. The Balaban J connectivity index is 1.73. The van der Waals surface area contributed by atoms with Crippen LogP contribution in [0.1, 0.15) is 28.3 Å². The molecule has 4 aromatic rings. The number of Topliss-reactive ketones (excluding diaryl/α,β-unsaturated/α-hetero) is 1. The van der Waals surface area contributed by atoms with Crippen LogP contribution in [0.25, 0.3) is 16.0 Å². The van der Waals surface area contributed by atoms with Crippen LogP contribution in [0.15, 0.2) is 78.4 Å². The van der Waals surface area contributed by atoms with E-state index in [0.29, 0.717) is 10.7 Å². The van der Waals surface area contributed by atoms with Gasteiger partial charge in [0.2, 0.25) is 0 Å². The topological polar surface area (TPSA) is 70.5 Å². The van der Waals surface area contributed by atoms with E-state index in [1.54, 1.807) is 24.3 Å². The summed E-state index contributed by atoms with van der Waals surface area (Å²) in [4.78, 5) is 32.5. The predicted molar refractivity (Wildman–Crippen MR) is 127 cm³/mol. The van der Waals surface area contributed by atoms with Gasteiger partial charge in [-0.25, -0.2) is 4.98 Å². The quantitative estimate of drug-likeness (QED) is 0.258. The van der Waals surface area contributed by atoms with Crippen molar-refractivity contribution in [3.63, 3.8) is 0 Å². The van der Waals surface area contributed by atoms with Gasteiger partial charge in [-0.1, -0.05) is 77.6 Å². The van der Waals surface area contributed by atoms with Crippen molar-refractivity contribution in [1.82, 2.24) is 4.98 Å². The molecule has 0 bridgehead atoms. The number of aliphatic hydroxyl groups excluding tert-OH is 1. The molecule has 1 N–H and O–H groups in total. The number of aliphatic hydroxyl groups is 1. The molecule has 2 heterocycles. The normalized spacial score (nSPS) is 17.9. The first-order valence-electron chi connectivity index (χ1n) is 10.2. The molecule has 1 saturated heterocycles. The van der Waals surface area contributed by atoms with Gasteiger partial charge in [0.05, 0.1) is 21.8 Å². The first-order valence-corrected chi connectivity index (χ1v) is 11.1. The molecule has 1 aliphatic rings. The van der Waals surface area contributed by atoms with Gasteiger partial charge in [0.25, 0.3) is 5.78 Å². The summed E-state index contributed by atoms with van der Waals surface area (Å²) in [6, 6.07) is 21.6. The van der Waals surface area contributed by atoms with Gasteiger partial charge in [-0.3, -0.25) is 14.5 Å². The Morgan fingerprint density at radius 1 is 0.938 bits per heavy atom. The Kier molecular flexibility index (Phi) is 4.87. The van der Waals surface area contributed by atoms with Gasteiger partial charge >= 0.3 is 5.91 Å². The van der Waals surface area contributed by atoms with Crippen molar-refractivity contribution in [2.24, 2.45) is 0 Å². The fourth-order valence-electron chi connectivity index (χ4n) is 3.97. The molecule has 1 amide bonds. The summed E-state index contributed by atoms with van der Waals surface area (Å²) in [5, 5.41) is 11.5. The molecule has 32 heavy (non-hydrogen) atoms. The highest BCUT2D eigenvalue weighted by Gasteiger charge is 2.48. The molecule has 0 saturated carbocycles. The summed E-state index contributed by atoms with van der Waals surface area (Å²) >= 11 is 1.36. The maximum absolute atomic E-state index is 13.2. The lowest BCUT2D eigenvalue weighted by atomic mass is 9.95. The second-order valence-corrected chi connectivity index (χ2v) is 8.92. The van der Waals surface area contributed by atoms with Gasteiger partial charge < -0.3 is 5.11 Å². The molecule has 1 atom stereocenters. The third kappa shape index (κ3) is 3.29. The van der Waals surface area contributed by atoms with Gasteiger partial charge in [-0.05, 0) is 37.1 Å². The second kappa shape index (κ2) is 7.73. The van der Waals surface area contributed by atoms with Crippen molar-refractivity contribution in [2.45, 2.75) is 19.9 Å². The number of aromatic nitrogens is 1. The van der Waals surface area contributed by atoms with Crippen LogP contribution in [0.5, 0.6) is 0 Å². The number of carbonyl (C=O) groups is 2. The maximum Gasteiger partial charge on any atom is 0.301 e. The molecular formula is C26H20N2O3S. The SMILES string of the molecule is Cc1ccc([C@@H]2C(=C(O)c3ccccc3)C(=O)C(=O)N2c2nc3ccc(C)cc3s2)cc1. The van der Waals surface area contributed by atoms with E-state index in [0.717, 1.165) is 26.9 Å². The number of aryl methyl sites for hydroxylation is 2. The van der Waals surface area contributed by atoms with Crippen molar-refractivity contribution in [2.75, 3.05) is 4.90 Å². The smallest absolute Gasteiger partial charge is 0.301 e. The van der Waals surface area contributed by atoms with Crippen LogP contribution in [0.3, 0.4) is 0 Å². The Morgan fingerprint density at radius 2 is 1.62 bits per heavy atom. The van der Waals surface area contributed by atoms with E-state index in [1.807, 2.05) is 62.4 Å². The van der Waals surface area contributed by atoms with Gasteiger partial charge in [-0.15, -0.1) is 0 Å².